The van der Waals surface area contributed by atoms with Crippen molar-refractivity contribution in [1.82, 2.24) is 5.01 Å². The summed E-state index contributed by atoms with van der Waals surface area (Å²) in [5.74, 6) is -0.0428. The molecule has 1 heterocycles. The van der Waals surface area contributed by atoms with Gasteiger partial charge in [0, 0.05) is 6.42 Å². The summed E-state index contributed by atoms with van der Waals surface area (Å²) in [6.45, 7) is -0.837. The molecule has 4 aromatic carbocycles. The fourth-order valence-corrected chi connectivity index (χ4v) is 4.51. The van der Waals surface area contributed by atoms with Crippen LogP contribution >= 0.6 is 11.6 Å². The van der Waals surface area contributed by atoms with E-state index in [1.807, 2.05) is 54.6 Å². The Bertz CT molecular complexity index is 1500. The Morgan fingerprint density at radius 1 is 0.921 bits per heavy atom. The highest BCUT2D eigenvalue weighted by molar-refractivity contribution is 6.32. The van der Waals surface area contributed by atoms with E-state index < -0.39 is 18.5 Å². The third-order valence-corrected chi connectivity index (χ3v) is 6.60. The van der Waals surface area contributed by atoms with Crippen molar-refractivity contribution in [2.45, 2.75) is 12.5 Å². The number of amides is 1. The number of hydrazone groups is 1. The van der Waals surface area contributed by atoms with Crippen LogP contribution < -0.4 is 9.47 Å². The molecule has 0 saturated carbocycles. The number of rotatable bonds is 8. The highest BCUT2D eigenvalue weighted by atomic mass is 35.5. The summed E-state index contributed by atoms with van der Waals surface area (Å²) >= 11 is 6.05. The van der Waals surface area contributed by atoms with E-state index in [9.17, 15) is 9.59 Å². The topological polar surface area (TPSA) is 77.4 Å². The quantitative estimate of drug-likeness (QED) is 0.270. The maximum atomic E-state index is 13.2. The molecule has 192 valence electrons. The molecule has 1 aliphatic heterocycles. The van der Waals surface area contributed by atoms with Crippen molar-refractivity contribution < 1.29 is 23.8 Å². The molecule has 4 aromatic rings. The van der Waals surface area contributed by atoms with Crippen LogP contribution in [0.4, 0.5) is 0 Å². The van der Waals surface area contributed by atoms with Crippen molar-refractivity contribution in [2.75, 3.05) is 20.3 Å². The number of carbonyl (C=O) groups is 2. The molecular weight excluding hydrogens is 504 g/mol. The summed E-state index contributed by atoms with van der Waals surface area (Å²) in [6.07, 6.45) is 0.514. The molecule has 1 amide bonds. The van der Waals surface area contributed by atoms with Crippen LogP contribution in [0.15, 0.2) is 96.1 Å². The number of carbonyl (C=O) groups excluding carboxylic acids is 2. The van der Waals surface area contributed by atoms with Crippen molar-refractivity contribution in [3.8, 4) is 11.5 Å². The lowest BCUT2D eigenvalue weighted by Crippen LogP contribution is -2.32. The maximum absolute atomic E-state index is 13.2. The lowest BCUT2D eigenvalue weighted by Gasteiger charge is -2.22. The second-order valence-electron chi connectivity index (χ2n) is 8.72. The lowest BCUT2D eigenvalue weighted by molar-refractivity contribution is -0.154. The first-order valence-electron chi connectivity index (χ1n) is 12.1. The molecular formula is C30H25ClN2O5. The van der Waals surface area contributed by atoms with E-state index in [1.165, 1.54) is 5.01 Å². The average Bonchev–Trinajstić information content (AvgIpc) is 3.41. The zero-order valence-electron chi connectivity index (χ0n) is 20.7. The SMILES string of the molecule is COc1ccc(C2CC(c3ccc4ccccc4c3)=NN2C(=O)COC(=O)COc2ccccc2Cl)cc1. The van der Waals surface area contributed by atoms with E-state index in [-0.39, 0.29) is 12.6 Å². The van der Waals surface area contributed by atoms with Gasteiger partial charge in [0.15, 0.2) is 13.2 Å². The number of nitrogens with zero attached hydrogens (tertiary/aromatic N) is 2. The summed E-state index contributed by atoms with van der Waals surface area (Å²) in [5, 5.41) is 8.67. The standard InChI is InChI=1S/C30H25ClN2O5/c1-36-24-14-12-21(13-15-24)27-17-26(23-11-10-20-6-2-3-7-22(20)16-23)32-33(27)29(34)18-38-30(35)19-37-28-9-5-4-8-25(28)31/h2-16,27H,17-19H2,1H3. The first-order valence-corrected chi connectivity index (χ1v) is 12.5. The molecule has 5 rings (SSSR count). The summed E-state index contributed by atoms with van der Waals surface area (Å²) in [5.41, 5.74) is 2.60. The van der Waals surface area contributed by atoms with Crippen LogP contribution in [-0.2, 0) is 14.3 Å². The van der Waals surface area contributed by atoms with Crippen LogP contribution in [0, 0.1) is 0 Å². The predicted molar refractivity (Wildman–Crippen MR) is 146 cm³/mol. The molecule has 0 radical (unpaired) electrons. The second-order valence-corrected chi connectivity index (χ2v) is 9.13. The molecule has 0 aromatic heterocycles. The molecule has 0 bridgehead atoms. The van der Waals surface area contributed by atoms with E-state index in [0.29, 0.717) is 22.9 Å². The van der Waals surface area contributed by atoms with Gasteiger partial charge in [-0.05, 0) is 52.2 Å². The molecule has 7 nitrogen and oxygen atoms in total. The minimum absolute atomic E-state index is 0.354. The molecule has 1 unspecified atom stereocenters. The zero-order chi connectivity index (χ0) is 26.5. The first-order chi connectivity index (χ1) is 18.5. The predicted octanol–water partition coefficient (Wildman–Crippen LogP) is 5.80. The Hall–Kier alpha value is -4.36. The minimum Gasteiger partial charge on any atom is -0.497 e. The number of ether oxygens (including phenoxy) is 3. The highest BCUT2D eigenvalue weighted by Gasteiger charge is 2.33. The van der Waals surface area contributed by atoms with Crippen molar-refractivity contribution in [2.24, 2.45) is 5.10 Å². The molecule has 0 N–H and O–H groups in total. The second kappa shape index (κ2) is 11.4. The zero-order valence-corrected chi connectivity index (χ0v) is 21.4. The van der Waals surface area contributed by atoms with Crippen molar-refractivity contribution in [3.63, 3.8) is 0 Å². The maximum Gasteiger partial charge on any atom is 0.344 e. The van der Waals surface area contributed by atoms with Gasteiger partial charge in [-0.2, -0.15) is 5.10 Å². The Labute approximate surface area is 225 Å². The molecule has 8 heteroatoms. The average molecular weight is 529 g/mol. The largest absolute Gasteiger partial charge is 0.497 e. The smallest absolute Gasteiger partial charge is 0.344 e. The molecule has 38 heavy (non-hydrogen) atoms. The number of methoxy groups -OCH3 is 1. The normalized spacial score (nSPS) is 14.7. The Morgan fingerprint density at radius 3 is 2.42 bits per heavy atom. The fraction of sp³-hybridized carbons (Fsp3) is 0.167. The third-order valence-electron chi connectivity index (χ3n) is 6.29. The molecule has 0 spiro atoms. The van der Waals surface area contributed by atoms with Gasteiger partial charge in [0.25, 0.3) is 5.91 Å². The molecule has 0 aliphatic carbocycles. The Morgan fingerprint density at radius 2 is 1.66 bits per heavy atom. The van der Waals surface area contributed by atoms with Crippen LogP contribution in [0.25, 0.3) is 10.8 Å². The fourth-order valence-electron chi connectivity index (χ4n) is 4.32. The number of fused-ring (bicyclic) bond motifs is 1. The van der Waals surface area contributed by atoms with E-state index in [1.54, 1.807) is 31.4 Å². The van der Waals surface area contributed by atoms with Crippen molar-refractivity contribution >= 4 is 40.0 Å². The molecule has 1 aliphatic rings. The highest BCUT2D eigenvalue weighted by Crippen LogP contribution is 2.34. The van der Waals surface area contributed by atoms with E-state index in [2.05, 4.69) is 17.2 Å². The van der Waals surface area contributed by atoms with Gasteiger partial charge < -0.3 is 14.2 Å². The molecule has 0 fully saturated rings. The van der Waals surface area contributed by atoms with Gasteiger partial charge in [0.05, 0.1) is 23.9 Å². The number of para-hydroxylation sites is 1. The summed E-state index contributed by atoms with van der Waals surface area (Å²) in [6, 6.07) is 28.2. The van der Waals surface area contributed by atoms with Crippen LogP contribution in [-0.4, -0.2) is 42.9 Å². The summed E-state index contributed by atoms with van der Waals surface area (Å²) in [7, 11) is 1.60. The van der Waals surface area contributed by atoms with E-state index in [4.69, 9.17) is 25.8 Å². The molecule has 0 saturated heterocycles. The van der Waals surface area contributed by atoms with Gasteiger partial charge in [-0.15, -0.1) is 0 Å². The van der Waals surface area contributed by atoms with Crippen LogP contribution in [0.1, 0.15) is 23.6 Å². The van der Waals surface area contributed by atoms with Gasteiger partial charge in [-0.1, -0.05) is 72.3 Å². The van der Waals surface area contributed by atoms with Crippen LogP contribution in [0.3, 0.4) is 0 Å². The Kier molecular flexibility index (Phi) is 7.56. The van der Waals surface area contributed by atoms with E-state index >= 15 is 0 Å². The first kappa shape index (κ1) is 25.3. The number of benzene rings is 4. The summed E-state index contributed by atoms with van der Waals surface area (Å²) in [4.78, 5) is 25.5. The minimum atomic E-state index is -0.683. The van der Waals surface area contributed by atoms with Crippen molar-refractivity contribution in [1.29, 1.82) is 0 Å². The Balaban J connectivity index is 1.32. The number of esters is 1. The van der Waals surface area contributed by atoms with E-state index in [0.717, 1.165) is 27.6 Å². The van der Waals surface area contributed by atoms with Crippen molar-refractivity contribution in [3.05, 3.63) is 107 Å². The van der Waals surface area contributed by atoms with Gasteiger partial charge in [0.2, 0.25) is 0 Å². The van der Waals surface area contributed by atoms with Gasteiger partial charge >= 0.3 is 5.97 Å². The molecule has 1 atom stereocenters. The van der Waals surface area contributed by atoms with Gasteiger partial charge in [0.1, 0.15) is 11.5 Å². The van der Waals surface area contributed by atoms with Gasteiger partial charge in [-0.25, -0.2) is 9.80 Å². The van der Waals surface area contributed by atoms with Gasteiger partial charge in [-0.3, -0.25) is 4.79 Å². The number of hydrogen-bond acceptors (Lipinski definition) is 6. The van der Waals surface area contributed by atoms with Crippen LogP contribution in [0.5, 0.6) is 11.5 Å². The monoisotopic (exact) mass is 528 g/mol. The number of halogens is 1. The third kappa shape index (κ3) is 5.63. The number of hydrogen-bond donors (Lipinski definition) is 0. The summed E-state index contributed by atoms with van der Waals surface area (Å²) < 4.78 is 15.9. The lowest BCUT2D eigenvalue weighted by atomic mass is 9.97. The van der Waals surface area contributed by atoms with Crippen LogP contribution in [0.2, 0.25) is 5.02 Å².